The number of alkyl halides is 2. The lowest BCUT2D eigenvalue weighted by atomic mass is 10.4. The zero-order valence-electron chi connectivity index (χ0n) is 7.41. The first-order valence-corrected chi connectivity index (χ1v) is 4.16. The van der Waals surface area contributed by atoms with Crippen LogP contribution >= 0.6 is 11.6 Å². The fourth-order valence-electron chi connectivity index (χ4n) is 0.961. The third-order valence-electron chi connectivity index (χ3n) is 1.54. The highest BCUT2D eigenvalue weighted by molar-refractivity contribution is 6.28. The lowest BCUT2D eigenvalue weighted by molar-refractivity contribution is 0.156. The molecule has 0 radical (unpaired) electrons. The van der Waals surface area contributed by atoms with Crippen LogP contribution in [0.4, 0.5) is 20.3 Å². The fraction of sp³-hybridized carbons (Fsp3) is 0.429. The van der Waals surface area contributed by atoms with Crippen LogP contribution in [-0.2, 0) is 0 Å². The largest absolute Gasteiger partial charge is 0.394 e. The highest BCUT2D eigenvalue weighted by Gasteiger charge is 2.13. The summed E-state index contributed by atoms with van der Waals surface area (Å²) in [6, 6.07) is 0. The van der Waals surface area contributed by atoms with E-state index in [0.717, 1.165) is 0 Å². The summed E-state index contributed by atoms with van der Waals surface area (Å²) in [6.07, 6.45) is -1.17. The topological polar surface area (TPSA) is 55.0 Å². The first kappa shape index (κ1) is 10.9. The Morgan fingerprint density at radius 1 is 1.64 bits per heavy atom. The average Bonchev–Trinajstić information content (AvgIpc) is 2.08. The molecular weight excluding hydrogens is 214 g/mol. The van der Waals surface area contributed by atoms with Gasteiger partial charge in [0.15, 0.2) is 5.82 Å². The van der Waals surface area contributed by atoms with Gasteiger partial charge in [-0.3, -0.25) is 0 Å². The number of nitrogens with zero attached hydrogens (tertiary/aromatic N) is 3. The predicted octanol–water partition coefficient (Wildman–Crippen LogP) is 1.41. The van der Waals surface area contributed by atoms with Gasteiger partial charge in [0.25, 0.3) is 6.43 Å². The lowest BCUT2D eigenvalue weighted by Gasteiger charge is -2.18. The maximum atomic E-state index is 12.0. The summed E-state index contributed by atoms with van der Waals surface area (Å²) >= 11 is 5.51. The molecule has 0 aromatic carbocycles. The summed E-state index contributed by atoms with van der Waals surface area (Å²) in [5, 5.41) is -0.0182. The average molecular weight is 223 g/mol. The van der Waals surface area contributed by atoms with Crippen molar-refractivity contribution in [1.29, 1.82) is 0 Å². The minimum Gasteiger partial charge on any atom is -0.394 e. The molecule has 0 spiro atoms. The molecule has 1 aromatic heterocycles. The van der Waals surface area contributed by atoms with Gasteiger partial charge in [-0.15, -0.1) is 0 Å². The molecule has 78 valence electrons. The van der Waals surface area contributed by atoms with Gasteiger partial charge in [-0.2, -0.15) is 4.98 Å². The zero-order chi connectivity index (χ0) is 10.7. The molecule has 0 saturated carbocycles. The van der Waals surface area contributed by atoms with E-state index in [1.165, 1.54) is 18.1 Å². The Kier molecular flexibility index (Phi) is 3.40. The van der Waals surface area contributed by atoms with Crippen molar-refractivity contribution in [3.05, 3.63) is 11.5 Å². The van der Waals surface area contributed by atoms with Crippen molar-refractivity contribution in [2.75, 3.05) is 24.2 Å². The third kappa shape index (κ3) is 2.66. The van der Waals surface area contributed by atoms with Crippen molar-refractivity contribution in [3.63, 3.8) is 0 Å². The molecule has 0 aliphatic heterocycles. The van der Waals surface area contributed by atoms with E-state index >= 15 is 0 Å². The van der Waals surface area contributed by atoms with E-state index in [1.54, 1.807) is 0 Å². The second kappa shape index (κ2) is 4.36. The highest BCUT2D eigenvalue weighted by Crippen LogP contribution is 2.20. The Morgan fingerprint density at radius 2 is 2.29 bits per heavy atom. The van der Waals surface area contributed by atoms with Crippen molar-refractivity contribution in [2.24, 2.45) is 0 Å². The van der Waals surface area contributed by atoms with Crippen molar-refractivity contribution >= 4 is 23.1 Å². The lowest BCUT2D eigenvalue weighted by Crippen LogP contribution is -2.26. The normalized spacial score (nSPS) is 10.6. The number of halogens is 3. The summed E-state index contributed by atoms with van der Waals surface area (Å²) in [4.78, 5) is 8.59. The summed E-state index contributed by atoms with van der Waals surface area (Å²) < 4.78 is 24.1. The van der Waals surface area contributed by atoms with E-state index < -0.39 is 13.0 Å². The van der Waals surface area contributed by atoms with Crippen LogP contribution in [0.15, 0.2) is 6.20 Å². The minimum atomic E-state index is -2.45. The smallest absolute Gasteiger partial charge is 0.255 e. The summed E-state index contributed by atoms with van der Waals surface area (Å²) in [6.45, 7) is -0.447. The number of nitrogen functional groups attached to an aromatic ring is 1. The first-order chi connectivity index (χ1) is 6.50. The van der Waals surface area contributed by atoms with Gasteiger partial charge < -0.3 is 10.6 Å². The Labute approximate surface area is 84.7 Å². The van der Waals surface area contributed by atoms with E-state index in [2.05, 4.69) is 9.97 Å². The van der Waals surface area contributed by atoms with Crippen LogP contribution in [0, 0.1) is 0 Å². The molecule has 1 rings (SSSR count). The number of anilines is 2. The van der Waals surface area contributed by atoms with Gasteiger partial charge in [-0.05, 0) is 11.6 Å². The van der Waals surface area contributed by atoms with Crippen LogP contribution < -0.4 is 10.6 Å². The number of hydrogen-bond acceptors (Lipinski definition) is 4. The molecule has 2 N–H and O–H groups in total. The molecule has 0 aliphatic rings. The Balaban J connectivity index is 2.88. The van der Waals surface area contributed by atoms with Crippen LogP contribution in [0.5, 0.6) is 0 Å². The second-order valence-corrected chi connectivity index (χ2v) is 3.03. The van der Waals surface area contributed by atoms with Gasteiger partial charge in [0.05, 0.1) is 18.4 Å². The third-order valence-corrected chi connectivity index (χ3v) is 1.72. The van der Waals surface area contributed by atoms with Crippen LogP contribution in [0.25, 0.3) is 0 Å². The van der Waals surface area contributed by atoms with Gasteiger partial charge in [0.1, 0.15) is 0 Å². The number of hydrogen-bond donors (Lipinski definition) is 1. The number of rotatable bonds is 3. The minimum absolute atomic E-state index is 0.0182. The van der Waals surface area contributed by atoms with E-state index in [1.807, 2.05) is 0 Å². The maximum absolute atomic E-state index is 12.0. The molecule has 0 bridgehead atoms. The van der Waals surface area contributed by atoms with E-state index in [0.29, 0.717) is 0 Å². The number of aromatic nitrogens is 2. The van der Waals surface area contributed by atoms with Crippen LogP contribution in [0.1, 0.15) is 0 Å². The van der Waals surface area contributed by atoms with Gasteiger partial charge in [-0.1, -0.05) is 0 Å². The molecule has 0 atom stereocenters. The second-order valence-electron chi connectivity index (χ2n) is 2.69. The Bertz CT molecular complexity index is 321. The molecule has 0 saturated heterocycles. The zero-order valence-corrected chi connectivity index (χ0v) is 8.17. The molecule has 14 heavy (non-hydrogen) atoms. The standard InChI is InChI=1S/C7H9ClF2N4/c1-14(3-5(9)10)6-4(11)2-12-7(8)13-6/h2,5H,3,11H2,1H3. The van der Waals surface area contributed by atoms with Crippen molar-refractivity contribution in [3.8, 4) is 0 Å². The van der Waals surface area contributed by atoms with Gasteiger partial charge in [-0.25, -0.2) is 13.8 Å². The van der Waals surface area contributed by atoms with E-state index in [9.17, 15) is 8.78 Å². The van der Waals surface area contributed by atoms with Crippen molar-refractivity contribution < 1.29 is 8.78 Å². The van der Waals surface area contributed by atoms with Crippen LogP contribution in [-0.4, -0.2) is 30.0 Å². The maximum Gasteiger partial charge on any atom is 0.255 e. The summed E-state index contributed by atoms with van der Waals surface area (Å²) in [7, 11) is 1.46. The monoisotopic (exact) mass is 222 g/mol. The molecule has 0 aliphatic carbocycles. The summed E-state index contributed by atoms with van der Waals surface area (Å²) in [5.41, 5.74) is 5.72. The van der Waals surface area contributed by atoms with Crippen molar-refractivity contribution in [1.82, 2.24) is 9.97 Å². The predicted molar refractivity (Wildman–Crippen MR) is 50.7 cm³/mol. The van der Waals surface area contributed by atoms with Gasteiger partial charge in [0, 0.05) is 7.05 Å². The molecule has 1 aromatic rings. The quantitative estimate of drug-likeness (QED) is 0.786. The Hall–Kier alpha value is -1.17. The summed E-state index contributed by atoms with van der Waals surface area (Å²) in [5.74, 6) is 0.213. The SMILES string of the molecule is CN(CC(F)F)c1nc(Cl)ncc1N. The molecule has 0 fully saturated rings. The fourth-order valence-corrected chi connectivity index (χ4v) is 1.09. The highest BCUT2D eigenvalue weighted by atomic mass is 35.5. The van der Waals surface area contributed by atoms with Gasteiger partial charge in [0.2, 0.25) is 5.28 Å². The van der Waals surface area contributed by atoms with Crippen LogP contribution in [0.3, 0.4) is 0 Å². The van der Waals surface area contributed by atoms with Crippen LogP contribution in [0.2, 0.25) is 5.28 Å². The van der Waals surface area contributed by atoms with Crippen molar-refractivity contribution in [2.45, 2.75) is 6.43 Å². The Morgan fingerprint density at radius 3 is 2.86 bits per heavy atom. The molecule has 7 heteroatoms. The molecule has 0 amide bonds. The molecular formula is C7H9ClF2N4. The number of nitrogens with two attached hydrogens (primary N) is 1. The van der Waals surface area contributed by atoms with E-state index in [4.69, 9.17) is 17.3 Å². The van der Waals surface area contributed by atoms with E-state index in [-0.39, 0.29) is 16.8 Å². The molecule has 4 nitrogen and oxygen atoms in total. The molecule has 0 unspecified atom stereocenters. The van der Waals surface area contributed by atoms with Gasteiger partial charge >= 0.3 is 0 Å². The molecule has 1 heterocycles. The first-order valence-electron chi connectivity index (χ1n) is 3.78.